The Bertz CT molecular complexity index is 361. The minimum Gasteiger partial charge on any atom is -0.465 e. The number of furan rings is 1. The lowest BCUT2D eigenvalue weighted by molar-refractivity contribution is 0.136. The molecule has 0 amide bonds. The molecule has 2 N–H and O–H groups in total. The van der Waals surface area contributed by atoms with Crippen LogP contribution in [-0.2, 0) is 0 Å². The number of hydrogen-bond donors (Lipinski definition) is 1. The van der Waals surface area contributed by atoms with Gasteiger partial charge >= 0.3 is 0 Å². The first kappa shape index (κ1) is 12.7. The van der Waals surface area contributed by atoms with E-state index < -0.39 is 0 Å². The first-order valence-corrected chi connectivity index (χ1v) is 6.61. The van der Waals surface area contributed by atoms with Gasteiger partial charge in [0.05, 0.1) is 6.04 Å². The fraction of sp³-hybridized carbons (Fsp3) is 0.714. The van der Waals surface area contributed by atoms with Crippen molar-refractivity contribution in [2.45, 2.75) is 45.2 Å². The van der Waals surface area contributed by atoms with Crippen molar-refractivity contribution in [2.24, 2.45) is 11.7 Å². The van der Waals surface area contributed by atoms with Gasteiger partial charge in [-0.3, -0.25) is 4.90 Å². The lowest BCUT2D eigenvalue weighted by Gasteiger charge is -2.33. The van der Waals surface area contributed by atoms with Crippen LogP contribution < -0.4 is 5.73 Å². The molecule has 1 saturated carbocycles. The Hall–Kier alpha value is -0.800. The Morgan fingerprint density at radius 3 is 2.82 bits per heavy atom. The summed E-state index contributed by atoms with van der Waals surface area (Å²) in [4.78, 5) is 2.43. The highest BCUT2D eigenvalue weighted by Gasteiger charge is 2.32. The maximum absolute atomic E-state index is 5.85. The maximum atomic E-state index is 5.85. The second-order valence-corrected chi connectivity index (χ2v) is 5.28. The molecule has 2 rings (SSSR count). The van der Waals surface area contributed by atoms with Crippen LogP contribution in [0.15, 0.2) is 16.5 Å². The molecule has 3 nitrogen and oxygen atoms in total. The first-order chi connectivity index (χ1) is 8.13. The van der Waals surface area contributed by atoms with Crippen LogP contribution in [0.5, 0.6) is 0 Å². The van der Waals surface area contributed by atoms with Gasteiger partial charge in [-0.25, -0.2) is 0 Å². The van der Waals surface area contributed by atoms with Gasteiger partial charge in [0.25, 0.3) is 0 Å². The largest absolute Gasteiger partial charge is 0.465 e. The van der Waals surface area contributed by atoms with Crippen molar-refractivity contribution < 1.29 is 4.42 Å². The molecule has 17 heavy (non-hydrogen) atoms. The zero-order valence-corrected chi connectivity index (χ0v) is 11.1. The molecular formula is C14H24N2O. The molecule has 0 radical (unpaired) electrons. The molecule has 0 saturated heterocycles. The van der Waals surface area contributed by atoms with Crippen LogP contribution in [0.25, 0.3) is 0 Å². The molecule has 96 valence electrons. The van der Waals surface area contributed by atoms with Crippen molar-refractivity contribution in [3.63, 3.8) is 0 Å². The minimum atomic E-state index is 0.334. The monoisotopic (exact) mass is 236 g/mol. The van der Waals surface area contributed by atoms with Crippen LogP contribution in [0.3, 0.4) is 0 Å². The lowest BCUT2D eigenvalue weighted by Crippen LogP contribution is -2.39. The van der Waals surface area contributed by atoms with E-state index in [2.05, 4.69) is 24.9 Å². The molecule has 3 heteroatoms. The van der Waals surface area contributed by atoms with Crippen LogP contribution >= 0.6 is 0 Å². The topological polar surface area (TPSA) is 42.4 Å². The third-order valence-corrected chi connectivity index (χ3v) is 4.23. The van der Waals surface area contributed by atoms with Crippen LogP contribution in [0.2, 0.25) is 0 Å². The van der Waals surface area contributed by atoms with Gasteiger partial charge in [-0.1, -0.05) is 6.42 Å². The van der Waals surface area contributed by atoms with Crippen LogP contribution in [0.1, 0.15) is 43.7 Å². The maximum Gasteiger partial charge on any atom is 0.121 e. The van der Waals surface area contributed by atoms with Crippen molar-refractivity contribution in [1.82, 2.24) is 4.90 Å². The zero-order valence-electron chi connectivity index (χ0n) is 11.1. The van der Waals surface area contributed by atoms with Gasteiger partial charge < -0.3 is 10.2 Å². The highest BCUT2D eigenvalue weighted by atomic mass is 16.3. The zero-order chi connectivity index (χ0) is 12.4. The van der Waals surface area contributed by atoms with E-state index in [0.29, 0.717) is 18.0 Å². The second kappa shape index (κ2) is 5.23. The summed E-state index contributed by atoms with van der Waals surface area (Å²) in [5.74, 6) is 2.70. The molecule has 1 aliphatic rings. The average molecular weight is 236 g/mol. The molecule has 0 spiro atoms. The van der Waals surface area contributed by atoms with E-state index in [9.17, 15) is 0 Å². The Morgan fingerprint density at radius 1 is 1.47 bits per heavy atom. The summed E-state index contributed by atoms with van der Waals surface area (Å²) < 4.78 is 5.72. The number of rotatable bonds is 4. The number of nitrogens with two attached hydrogens (primary N) is 1. The van der Waals surface area contributed by atoms with Gasteiger partial charge in [0.2, 0.25) is 0 Å². The van der Waals surface area contributed by atoms with Gasteiger partial charge in [-0.15, -0.1) is 0 Å². The summed E-state index contributed by atoms with van der Waals surface area (Å²) in [6, 6.07) is 5.07. The Balaban J connectivity index is 2.06. The van der Waals surface area contributed by atoms with Crippen LogP contribution in [0, 0.1) is 12.8 Å². The molecule has 3 atom stereocenters. The Kier molecular flexibility index (Phi) is 3.89. The van der Waals surface area contributed by atoms with Gasteiger partial charge in [-0.2, -0.15) is 0 Å². The summed E-state index contributed by atoms with van der Waals surface area (Å²) in [5, 5.41) is 0. The minimum absolute atomic E-state index is 0.334. The molecule has 3 unspecified atom stereocenters. The molecule has 0 aromatic carbocycles. The van der Waals surface area contributed by atoms with Crippen LogP contribution in [0.4, 0.5) is 0 Å². The average Bonchev–Trinajstić information content (AvgIpc) is 2.95. The highest BCUT2D eigenvalue weighted by molar-refractivity contribution is 5.09. The predicted molar refractivity (Wildman–Crippen MR) is 69.8 cm³/mol. The summed E-state index contributed by atoms with van der Waals surface area (Å²) in [7, 11) is 2.20. The van der Waals surface area contributed by atoms with E-state index in [0.717, 1.165) is 18.1 Å². The quantitative estimate of drug-likeness (QED) is 0.874. The summed E-state index contributed by atoms with van der Waals surface area (Å²) >= 11 is 0. The van der Waals surface area contributed by atoms with Crippen molar-refractivity contribution in [3.8, 4) is 0 Å². The SMILES string of the molecule is Cc1ccc(C(C)N(C)C2CCCC2CN)o1. The lowest BCUT2D eigenvalue weighted by atomic mass is 10.0. The third-order valence-electron chi connectivity index (χ3n) is 4.23. The molecule has 1 aromatic rings. The predicted octanol–water partition coefficient (Wildman–Crippen LogP) is 2.71. The van der Waals surface area contributed by atoms with Gasteiger partial charge in [0.1, 0.15) is 11.5 Å². The van der Waals surface area contributed by atoms with Crippen molar-refractivity contribution >= 4 is 0 Å². The standard InChI is InChI=1S/C14H24N2O/c1-10-7-8-14(17-10)11(2)16(3)13-6-4-5-12(13)9-15/h7-8,11-13H,4-6,9,15H2,1-3H3. The molecule has 1 heterocycles. The summed E-state index contributed by atoms with van der Waals surface area (Å²) in [6.45, 7) is 5.01. The smallest absolute Gasteiger partial charge is 0.121 e. The molecule has 1 fully saturated rings. The molecular weight excluding hydrogens is 212 g/mol. The number of aryl methyl sites for hydroxylation is 1. The van der Waals surface area contributed by atoms with E-state index in [1.165, 1.54) is 19.3 Å². The van der Waals surface area contributed by atoms with E-state index in [-0.39, 0.29) is 0 Å². The molecule has 0 bridgehead atoms. The van der Waals surface area contributed by atoms with Gasteiger partial charge in [0, 0.05) is 6.04 Å². The normalized spacial score (nSPS) is 26.6. The second-order valence-electron chi connectivity index (χ2n) is 5.28. The number of nitrogens with zero attached hydrogens (tertiary/aromatic N) is 1. The fourth-order valence-corrected chi connectivity index (χ4v) is 2.99. The Morgan fingerprint density at radius 2 is 2.24 bits per heavy atom. The van der Waals surface area contributed by atoms with Gasteiger partial charge in [-0.05, 0) is 58.3 Å². The summed E-state index contributed by atoms with van der Waals surface area (Å²) in [5.41, 5.74) is 5.85. The summed E-state index contributed by atoms with van der Waals surface area (Å²) in [6.07, 6.45) is 3.85. The highest BCUT2D eigenvalue weighted by Crippen LogP contribution is 2.33. The number of hydrogen-bond acceptors (Lipinski definition) is 3. The van der Waals surface area contributed by atoms with Crippen LogP contribution in [-0.4, -0.2) is 24.5 Å². The van der Waals surface area contributed by atoms with Crippen molar-refractivity contribution in [2.75, 3.05) is 13.6 Å². The fourth-order valence-electron chi connectivity index (χ4n) is 2.99. The first-order valence-electron chi connectivity index (χ1n) is 6.61. The van der Waals surface area contributed by atoms with E-state index in [4.69, 9.17) is 10.2 Å². The van der Waals surface area contributed by atoms with E-state index in [1.807, 2.05) is 13.0 Å². The van der Waals surface area contributed by atoms with Crippen molar-refractivity contribution in [3.05, 3.63) is 23.7 Å². The van der Waals surface area contributed by atoms with Gasteiger partial charge in [0.15, 0.2) is 0 Å². The molecule has 1 aromatic heterocycles. The Labute approximate surface area is 104 Å². The third kappa shape index (κ3) is 2.55. The molecule has 0 aliphatic heterocycles. The molecule has 1 aliphatic carbocycles. The van der Waals surface area contributed by atoms with Crippen molar-refractivity contribution in [1.29, 1.82) is 0 Å². The van der Waals surface area contributed by atoms with E-state index >= 15 is 0 Å². The van der Waals surface area contributed by atoms with E-state index in [1.54, 1.807) is 0 Å².